The number of rotatable bonds is 4. The quantitative estimate of drug-likeness (QED) is 0.739. The average Bonchev–Trinajstić information content (AvgIpc) is 2.82. The first-order valence-corrected chi connectivity index (χ1v) is 8.85. The van der Waals surface area contributed by atoms with E-state index in [1.54, 1.807) is 30.5 Å². The lowest BCUT2D eigenvalue weighted by atomic mass is 10.2. The van der Waals surface area contributed by atoms with Crippen molar-refractivity contribution in [2.75, 3.05) is 4.72 Å². The van der Waals surface area contributed by atoms with Gasteiger partial charge < -0.3 is 4.40 Å². The number of Topliss-reactive ketones (excluding diaryl/α,β-unsaturated/α-hetero) is 1. The van der Waals surface area contributed by atoms with Crippen LogP contribution in [0.1, 0.15) is 28.7 Å². The molecule has 7 heteroatoms. The Morgan fingerprint density at radius 3 is 2.62 bits per heavy atom. The van der Waals surface area contributed by atoms with E-state index in [9.17, 15) is 13.2 Å². The molecule has 0 radical (unpaired) electrons. The Kier molecular flexibility index (Phi) is 3.88. The molecular formula is C17H17N3O3S. The third-order valence-corrected chi connectivity index (χ3v) is 5.28. The fourth-order valence-corrected chi connectivity index (χ4v) is 3.53. The predicted molar refractivity (Wildman–Crippen MR) is 91.9 cm³/mol. The maximum atomic E-state index is 12.6. The van der Waals surface area contributed by atoms with Crippen LogP contribution in [0.15, 0.2) is 47.5 Å². The Labute approximate surface area is 140 Å². The number of anilines is 1. The summed E-state index contributed by atoms with van der Waals surface area (Å²) in [6, 6.07) is 9.38. The summed E-state index contributed by atoms with van der Waals surface area (Å²) in [5.41, 5.74) is 3.38. The highest BCUT2D eigenvalue weighted by molar-refractivity contribution is 7.92. The number of hydrogen-bond acceptors (Lipinski definition) is 4. The second kappa shape index (κ2) is 5.76. The number of fused-ring (bicyclic) bond motifs is 1. The van der Waals surface area contributed by atoms with E-state index < -0.39 is 10.0 Å². The van der Waals surface area contributed by atoms with Crippen LogP contribution >= 0.6 is 0 Å². The number of aromatic nitrogens is 2. The van der Waals surface area contributed by atoms with Gasteiger partial charge in [-0.05, 0) is 45.0 Å². The number of nitrogens with zero attached hydrogens (tertiary/aromatic N) is 2. The molecule has 0 saturated carbocycles. The van der Waals surface area contributed by atoms with Crippen LogP contribution in [-0.4, -0.2) is 23.6 Å². The van der Waals surface area contributed by atoms with Gasteiger partial charge in [-0.2, -0.15) is 0 Å². The van der Waals surface area contributed by atoms with E-state index in [0.29, 0.717) is 11.3 Å². The van der Waals surface area contributed by atoms with Crippen molar-refractivity contribution in [1.82, 2.24) is 9.38 Å². The van der Waals surface area contributed by atoms with E-state index in [-0.39, 0.29) is 10.7 Å². The van der Waals surface area contributed by atoms with Gasteiger partial charge in [-0.1, -0.05) is 12.1 Å². The van der Waals surface area contributed by atoms with Crippen molar-refractivity contribution in [3.63, 3.8) is 0 Å². The van der Waals surface area contributed by atoms with Crippen LogP contribution < -0.4 is 4.72 Å². The van der Waals surface area contributed by atoms with Crippen molar-refractivity contribution in [3.8, 4) is 0 Å². The van der Waals surface area contributed by atoms with E-state index >= 15 is 0 Å². The number of nitrogens with one attached hydrogen (secondary N) is 1. The van der Waals surface area contributed by atoms with Crippen molar-refractivity contribution in [1.29, 1.82) is 0 Å². The van der Waals surface area contributed by atoms with Gasteiger partial charge in [0.05, 0.1) is 16.3 Å². The molecule has 2 heterocycles. The van der Waals surface area contributed by atoms with Crippen molar-refractivity contribution in [3.05, 3.63) is 59.5 Å². The van der Waals surface area contributed by atoms with Crippen LogP contribution in [0.2, 0.25) is 0 Å². The second-order valence-corrected chi connectivity index (χ2v) is 7.30. The molecule has 2 aromatic heterocycles. The van der Waals surface area contributed by atoms with Crippen LogP contribution in [0.25, 0.3) is 5.65 Å². The third kappa shape index (κ3) is 2.90. The highest BCUT2D eigenvalue weighted by Gasteiger charge is 2.16. The van der Waals surface area contributed by atoms with Gasteiger partial charge in [-0.3, -0.25) is 9.52 Å². The molecular weight excluding hydrogens is 326 g/mol. The van der Waals surface area contributed by atoms with Crippen LogP contribution in [0, 0.1) is 13.8 Å². The van der Waals surface area contributed by atoms with Crippen molar-refractivity contribution in [2.24, 2.45) is 0 Å². The Morgan fingerprint density at radius 2 is 1.92 bits per heavy atom. The van der Waals surface area contributed by atoms with Gasteiger partial charge in [0.2, 0.25) is 0 Å². The minimum Gasteiger partial charge on any atom is -0.302 e. The summed E-state index contributed by atoms with van der Waals surface area (Å²) in [6.07, 6.45) is 1.69. The van der Waals surface area contributed by atoms with Gasteiger partial charge in [0.1, 0.15) is 5.65 Å². The van der Waals surface area contributed by atoms with Crippen LogP contribution in [0.3, 0.4) is 0 Å². The van der Waals surface area contributed by atoms with Gasteiger partial charge in [0.15, 0.2) is 5.78 Å². The number of carbonyl (C=O) groups excluding carboxylic acids is 1. The summed E-state index contributed by atoms with van der Waals surface area (Å²) in [4.78, 5) is 15.9. The molecule has 24 heavy (non-hydrogen) atoms. The lowest BCUT2D eigenvalue weighted by molar-refractivity contribution is 0.101. The van der Waals surface area contributed by atoms with Crippen molar-refractivity contribution in [2.45, 2.75) is 25.7 Å². The highest BCUT2D eigenvalue weighted by Crippen LogP contribution is 2.20. The van der Waals surface area contributed by atoms with Crippen LogP contribution in [0.4, 0.5) is 5.69 Å². The lowest BCUT2D eigenvalue weighted by Crippen LogP contribution is -2.14. The Bertz CT molecular complexity index is 1050. The monoisotopic (exact) mass is 343 g/mol. The molecule has 0 amide bonds. The smallest absolute Gasteiger partial charge is 0.261 e. The minimum atomic E-state index is -3.78. The molecule has 0 unspecified atom stereocenters. The standard InChI is InChI=1S/C17H17N3O3S/c1-11-12(2)20-10-15(7-8-17(20)18-11)19-24(22,23)16-6-4-5-14(9-16)13(3)21/h4-10,19H,1-3H3. The lowest BCUT2D eigenvalue weighted by Gasteiger charge is -2.09. The zero-order valence-electron chi connectivity index (χ0n) is 13.6. The zero-order chi connectivity index (χ0) is 17.5. The van der Waals surface area contributed by atoms with Crippen LogP contribution in [0.5, 0.6) is 0 Å². The number of sulfonamides is 1. The van der Waals surface area contributed by atoms with E-state index in [1.165, 1.54) is 19.1 Å². The molecule has 3 rings (SSSR count). The maximum Gasteiger partial charge on any atom is 0.261 e. The molecule has 6 nitrogen and oxygen atoms in total. The first-order chi connectivity index (χ1) is 11.3. The number of aryl methyl sites for hydroxylation is 2. The molecule has 0 saturated heterocycles. The minimum absolute atomic E-state index is 0.0498. The molecule has 0 aliphatic carbocycles. The second-order valence-electron chi connectivity index (χ2n) is 5.62. The first-order valence-electron chi connectivity index (χ1n) is 7.37. The molecule has 0 aliphatic rings. The van der Waals surface area contributed by atoms with E-state index in [2.05, 4.69) is 9.71 Å². The normalized spacial score (nSPS) is 11.6. The number of carbonyl (C=O) groups is 1. The third-order valence-electron chi connectivity index (χ3n) is 3.90. The highest BCUT2D eigenvalue weighted by atomic mass is 32.2. The number of imidazole rings is 1. The van der Waals surface area contributed by atoms with Gasteiger partial charge in [-0.25, -0.2) is 13.4 Å². The van der Waals surface area contributed by atoms with E-state index in [1.807, 2.05) is 18.2 Å². The first kappa shape index (κ1) is 16.2. The molecule has 124 valence electrons. The maximum absolute atomic E-state index is 12.6. The zero-order valence-corrected chi connectivity index (χ0v) is 14.4. The summed E-state index contributed by atoms with van der Waals surface area (Å²) in [7, 11) is -3.78. The molecule has 0 bridgehead atoms. The number of ketones is 1. The Balaban J connectivity index is 1.99. The summed E-state index contributed by atoms with van der Waals surface area (Å²) >= 11 is 0. The molecule has 0 aliphatic heterocycles. The van der Waals surface area contributed by atoms with Gasteiger partial charge in [0.25, 0.3) is 10.0 Å². The van der Waals surface area contributed by atoms with Crippen LogP contribution in [-0.2, 0) is 10.0 Å². The number of hydrogen-bond donors (Lipinski definition) is 1. The molecule has 0 atom stereocenters. The molecule has 0 spiro atoms. The SMILES string of the molecule is CC(=O)c1cccc(S(=O)(=O)Nc2ccc3nc(C)c(C)n3c2)c1. The molecule has 0 fully saturated rings. The summed E-state index contributed by atoms with van der Waals surface area (Å²) in [5.74, 6) is -0.182. The summed E-state index contributed by atoms with van der Waals surface area (Å²) < 4.78 is 29.5. The Hall–Kier alpha value is -2.67. The summed E-state index contributed by atoms with van der Waals surface area (Å²) in [6.45, 7) is 5.22. The van der Waals surface area contributed by atoms with E-state index in [4.69, 9.17) is 0 Å². The van der Waals surface area contributed by atoms with Crippen molar-refractivity contribution < 1.29 is 13.2 Å². The molecule has 3 aromatic rings. The molecule has 1 aromatic carbocycles. The van der Waals surface area contributed by atoms with E-state index in [0.717, 1.165) is 17.0 Å². The molecule has 1 N–H and O–H groups in total. The Morgan fingerprint density at radius 1 is 1.17 bits per heavy atom. The average molecular weight is 343 g/mol. The fourth-order valence-electron chi connectivity index (χ4n) is 2.44. The number of pyridine rings is 1. The van der Waals surface area contributed by atoms with Gasteiger partial charge >= 0.3 is 0 Å². The van der Waals surface area contributed by atoms with Gasteiger partial charge in [-0.15, -0.1) is 0 Å². The largest absolute Gasteiger partial charge is 0.302 e. The fraction of sp³-hybridized carbons (Fsp3) is 0.176. The van der Waals surface area contributed by atoms with Gasteiger partial charge in [0, 0.05) is 17.5 Å². The summed E-state index contributed by atoms with van der Waals surface area (Å²) in [5, 5.41) is 0. The van der Waals surface area contributed by atoms with Crippen molar-refractivity contribution >= 4 is 27.1 Å². The topological polar surface area (TPSA) is 80.5 Å². The number of benzene rings is 1. The predicted octanol–water partition coefficient (Wildman–Crippen LogP) is 2.95.